The van der Waals surface area contributed by atoms with E-state index in [4.69, 9.17) is 0 Å². The Bertz CT molecular complexity index is 840. The summed E-state index contributed by atoms with van der Waals surface area (Å²) in [5.41, 5.74) is 1.46. The van der Waals surface area contributed by atoms with Crippen molar-refractivity contribution >= 4 is 15.9 Å². The van der Waals surface area contributed by atoms with Crippen LogP contribution in [0.2, 0.25) is 0 Å². The fourth-order valence-corrected chi connectivity index (χ4v) is 4.87. The first-order valence-electron chi connectivity index (χ1n) is 7.98. The molecule has 1 aliphatic rings. The number of nitrogens with one attached hydrogen (secondary N) is 1. The van der Waals surface area contributed by atoms with Crippen molar-refractivity contribution in [2.45, 2.75) is 30.8 Å². The van der Waals surface area contributed by atoms with Gasteiger partial charge in [0.25, 0.3) is 5.91 Å². The van der Waals surface area contributed by atoms with Gasteiger partial charge in [-0.1, -0.05) is 6.92 Å². The molecule has 2 heterocycles. The quantitative estimate of drug-likeness (QED) is 0.919. The van der Waals surface area contributed by atoms with Gasteiger partial charge in [0.15, 0.2) is 0 Å². The van der Waals surface area contributed by atoms with E-state index in [0.29, 0.717) is 25.1 Å². The molecule has 1 N–H and O–H groups in total. The van der Waals surface area contributed by atoms with Crippen LogP contribution in [0.15, 0.2) is 47.5 Å². The summed E-state index contributed by atoms with van der Waals surface area (Å²) in [6.45, 7) is 3.08. The number of fused-ring (bicyclic) bond motifs is 1. The number of hydrogen-bond acceptors (Lipinski definition) is 3. The van der Waals surface area contributed by atoms with Crippen LogP contribution < -0.4 is 5.32 Å². The molecule has 0 aliphatic carbocycles. The van der Waals surface area contributed by atoms with Gasteiger partial charge in [0.1, 0.15) is 0 Å². The van der Waals surface area contributed by atoms with E-state index in [9.17, 15) is 13.2 Å². The summed E-state index contributed by atoms with van der Waals surface area (Å²) < 4.78 is 29.8. The molecular weight excluding hydrogens is 326 g/mol. The number of rotatable bonds is 4. The van der Waals surface area contributed by atoms with Crippen molar-refractivity contribution in [1.82, 2.24) is 14.2 Å². The number of aromatic nitrogens is 1. The summed E-state index contributed by atoms with van der Waals surface area (Å²) in [5, 5.41) is 2.53. The molecule has 0 fully saturated rings. The zero-order valence-electron chi connectivity index (χ0n) is 13.8. The third-order valence-corrected chi connectivity index (χ3v) is 6.37. The Labute approximate surface area is 142 Å². The highest BCUT2D eigenvalue weighted by Gasteiger charge is 2.35. The molecule has 6 nitrogen and oxygen atoms in total. The molecule has 1 aromatic carbocycles. The molecule has 1 aliphatic heterocycles. The summed E-state index contributed by atoms with van der Waals surface area (Å²) in [6.07, 6.45) is 2.69. The van der Waals surface area contributed by atoms with Crippen LogP contribution in [0.4, 0.5) is 0 Å². The fourth-order valence-electron chi connectivity index (χ4n) is 3.20. The van der Waals surface area contributed by atoms with Gasteiger partial charge in [0.05, 0.1) is 10.9 Å². The number of nitrogens with zero attached hydrogens (tertiary/aromatic N) is 2. The Kier molecular flexibility index (Phi) is 4.47. The first-order valence-corrected chi connectivity index (χ1v) is 9.42. The normalized spacial score (nSPS) is 18.2. The molecule has 7 heteroatoms. The van der Waals surface area contributed by atoms with E-state index in [-0.39, 0.29) is 16.8 Å². The molecule has 0 spiro atoms. The number of carbonyl (C=O) groups excluding carboxylic acids is 1. The maximum atomic E-state index is 13.1. The predicted octanol–water partition coefficient (Wildman–Crippen LogP) is 2.00. The summed E-state index contributed by atoms with van der Waals surface area (Å²) in [7, 11) is -2.06. The predicted molar refractivity (Wildman–Crippen MR) is 91.2 cm³/mol. The molecule has 0 saturated heterocycles. The topological polar surface area (TPSA) is 71.4 Å². The van der Waals surface area contributed by atoms with Crippen LogP contribution >= 0.6 is 0 Å². The Morgan fingerprint density at radius 1 is 1.21 bits per heavy atom. The van der Waals surface area contributed by atoms with Crippen LogP contribution in [-0.2, 0) is 16.6 Å². The summed E-state index contributed by atoms with van der Waals surface area (Å²) in [5.74, 6) is -0.235. The van der Waals surface area contributed by atoms with Crippen molar-refractivity contribution in [3.05, 3.63) is 53.9 Å². The molecule has 2 aromatic rings. The lowest BCUT2D eigenvalue weighted by Gasteiger charge is -2.35. The number of sulfonamides is 1. The molecule has 0 bridgehead atoms. The van der Waals surface area contributed by atoms with Crippen LogP contribution in [0.1, 0.15) is 35.4 Å². The lowest BCUT2D eigenvalue weighted by molar-refractivity contribution is 0.0963. The van der Waals surface area contributed by atoms with Gasteiger partial charge >= 0.3 is 0 Å². The highest BCUT2D eigenvalue weighted by Crippen LogP contribution is 2.33. The molecule has 1 amide bonds. The average Bonchev–Trinajstić information content (AvgIpc) is 3.09. The first kappa shape index (κ1) is 16.7. The van der Waals surface area contributed by atoms with Gasteiger partial charge in [0, 0.05) is 37.6 Å². The van der Waals surface area contributed by atoms with Gasteiger partial charge in [0.2, 0.25) is 10.0 Å². The molecule has 0 saturated carbocycles. The second-order valence-corrected chi connectivity index (χ2v) is 7.66. The molecule has 24 heavy (non-hydrogen) atoms. The van der Waals surface area contributed by atoms with E-state index in [1.165, 1.54) is 12.1 Å². The molecule has 128 valence electrons. The first-order chi connectivity index (χ1) is 11.5. The van der Waals surface area contributed by atoms with Gasteiger partial charge in [-0.2, -0.15) is 4.31 Å². The molecule has 1 unspecified atom stereocenters. The molecule has 1 atom stereocenters. The molecule has 3 rings (SSSR count). The van der Waals surface area contributed by atoms with Crippen molar-refractivity contribution in [3.8, 4) is 0 Å². The fraction of sp³-hybridized carbons (Fsp3) is 0.353. The average molecular weight is 347 g/mol. The maximum Gasteiger partial charge on any atom is 0.251 e. The summed E-state index contributed by atoms with van der Waals surface area (Å²) in [6, 6.07) is 9.84. The maximum absolute atomic E-state index is 13.1. The summed E-state index contributed by atoms with van der Waals surface area (Å²) in [4.78, 5) is 11.8. The largest absolute Gasteiger partial charge is 0.355 e. The van der Waals surface area contributed by atoms with Gasteiger partial charge in [-0.05, 0) is 42.8 Å². The van der Waals surface area contributed by atoms with E-state index in [0.717, 1.165) is 5.69 Å². The number of amides is 1. The lowest BCUT2D eigenvalue weighted by Crippen LogP contribution is -2.41. The second kappa shape index (κ2) is 6.41. The smallest absolute Gasteiger partial charge is 0.251 e. The van der Waals surface area contributed by atoms with E-state index in [2.05, 4.69) is 9.88 Å². The van der Waals surface area contributed by atoms with Crippen molar-refractivity contribution in [3.63, 3.8) is 0 Å². The lowest BCUT2D eigenvalue weighted by atomic mass is 10.1. The third-order valence-electron chi connectivity index (χ3n) is 4.45. The zero-order chi connectivity index (χ0) is 17.3. The van der Waals surface area contributed by atoms with Crippen molar-refractivity contribution in [2.75, 3.05) is 13.6 Å². The Morgan fingerprint density at radius 2 is 1.92 bits per heavy atom. The van der Waals surface area contributed by atoms with Crippen molar-refractivity contribution in [1.29, 1.82) is 0 Å². The second-order valence-electron chi connectivity index (χ2n) is 5.77. The number of carbonyl (C=O) groups is 1. The van der Waals surface area contributed by atoms with Crippen LogP contribution in [0.3, 0.4) is 0 Å². The highest BCUT2D eigenvalue weighted by atomic mass is 32.2. The highest BCUT2D eigenvalue weighted by molar-refractivity contribution is 7.89. The number of hydrogen-bond donors (Lipinski definition) is 1. The Morgan fingerprint density at radius 3 is 2.54 bits per heavy atom. The minimum atomic E-state index is -3.60. The third kappa shape index (κ3) is 2.74. The van der Waals surface area contributed by atoms with E-state index in [1.54, 1.807) is 23.5 Å². The SMILES string of the molecule is CCC1c2cccn2CCN1S(=O)(=O)c1ccc(C(=O)NC)cc1. The van der Waals surface area contributed by atoms with Crippen LogP contribution in [0.25, 0.3) is 0 Å². The van der Waals surface area contributed by atoms with E-state index < -0.39 is 10.0 Å². The van der Waals surface area contributed by atoms with Gasteiger partial charge < -0.3 is 9.88 Å². The van der Waals surface area contributed by atoms with E-state index in [1.807, 2.05) is 25.3 Å². The molecule has 0 radical (unpaired) electrons. The zero-order valence-corrected chi connectivity index (χ0v) is 14.6. The minimum absolute atomic E-state index is 0.169. The van der Waals surface area contributed by atoms with Gasteiger partial charge in [-0.15, -0.1) is 0 Å². The van der Waals surface area contributed by atoms with Crippen molar-refractivity contribution < 1.29 is 13.2 Å². The monoisotopic (exact) mass is 347 g/mol. The van der Waals surface area contributed by atoms with Crippen LogP contribution in [0.5, 0.6) is 0 Å². The molecule has 1 aromatic heterocycles. The van der Waals surface area contributed by atoms with Crippen molar-refractivity contribution in [2.24, 2.45) is 0 Å². The van der Waals surface area contributed by atoms with Gasteiger partial charge in [-0.3, -0.25) is 4.79 Å². The number of benzene rings is 1. The van der Waals surface area contributed by atoms with Crippen LogP contribution in [0, 0.1) is 0 Å². The molecular formula is C17H21N3O3S. The van der Waals surface area contributed by atoms with Crippen LogP contribution in [-0.4, -0.2) is 36.8 Å². The standard InChI is InChI=1S/C17H21N3O3S/c1-3-15-16-5-4-10-19(16)11-12-20(15)24(22,23)14-8-6-13(7-9-14)17(21)18-2/h4-10,15H,3,11-12H2,1-2H3,(H,18,21). The minimum Gasteiger partial charge on any atom is -0.355 e. The Hall–Kier alpha value is -2.12. The van der Waals surface area contributed by atoms with E-state index >= 15 is 0 Å². The summed E-state index contributed by atoms with van der Waals surface area (Å²) >= 11 is 0. The Balaban J connectivity index is 1.94. The van der Waals surface area contributed by atoms with Gasteiger partial charge in [-0.25, -0.2) is 8.42 Å².